The topological polar surface area (TPSA) is 108 Å². The molecule has 0 saturated heterocycles. The lowest BCUT2D eigenvalue weighted by molar-refractivity contribution is 0.0695. The van der Waals surface area contributed by atoms with E-state index in [0.717, 1.165) is 62.8 Å². The van der Waals surface area contributed by atoms with Crippen LogP contribution in [0.4, 0.5) is 11.4 Å². The van der Waals surface area contributed by atoms with E-state index in [9.17, 15) is 19.8 Å². The van der Waals surface area contributed by atoms with Gasteiger partial charge in [0.05, 0.1) is 11.1 Å². The molecule has 4 aliphatic rings. The minimum absolute atomic E-state index is 0.0217. The summed E-state index contributed by atoms with van der Waals surface area (Å²) in [5.74, 6) is -1.00. The molecule has 0 aromatic heterocycles. The Morgan fingerprint density at radius 3 is 2.06 bits per heavy atom. The van der Waals surface area contributed by atoms with Crippen molar-refractivity contribution >= 4 is 45.7 Å². The van der Waals surface area contributed by atoms with E-state index in [4.69, 9.17) is 4.74 Å². The summed E-state index contributed by atoms with van der Waals surface area (Å²) in [7, 11) is 0. The third-order valence-electron chi connectivity index (χ3n) is 10.6. The molecule has 0 fully saturated rings. The van der Waals surface area contributed by atoms with E-state index in [-0.39, 0.29) is 22.2 Å². The second-order valence-corrected chi connectivity index (χ2v) is 15.4. The van der Waals surface area contributed by atoms with E-state index in [1.807, 2.05) is 6.07 Å². The average Bonchev–Trinajstić information content (AvgIpc) is 3.01. The Hall–Kier alpha value is -5.04. The predicted molar refractivity (Wildman–Crippen MR) is 191 cm³/mol. The number of ether oxygens (including phenoxy) is 1. The van der Waals surface area contributed by atoms with Crippen molar-refractivity contribution in [2.24, 2.45) is 0 Å². The number of hydrogen-bond acceptors (Lipinski definition) is 5. The van der Waals surface area contributed by atoms with Crippen LogP contribution in [0.2, 0.25) is 0 Å². The summed E-state index contributed by atoms with van der Waals surface area (Å²) in [6, 6.07) is 17.1. The van der Waals surface area contributed by atoms with E-state index in [1.165, 1.54) is 23.3 Å². The number of hydrogen-bond donors (Lipinski definition) is 4. The zero-order valence-corrected chi connectivity index (χ0v) is 28.1. The van der Waals surface area contributed by atoms with E-state index in [2.05, 4.69) is 94.7 Å². The molecular formula is C41H40N2O5. The molecule has 48 heavy (non-hydrogen) atoms. The SMILES string of the molecule is CC1CC(C)(C)Nc2ccc3c(c21)C=CC1=C(c2ccc(C(=O)O)cc2C(=O)O)c2ccc4c5c(ccc4c2OC13)NC(C)(C)CC5C. The standard InChI is InChI=1S/C41H40N2O5/c1-20-18-40(3,4)42-31-15-13-26-23(33(20)31)9-11-28-35(25-8-7-22(38(44)45)17-30(25)39(46)47)29-12-10-24-27(37(29)48-36(26)28)14-16-32-34(24)21(2)19-41(5,6)43-32/h7-17,20-21,36,42-43H,18-19H2,1-6H3,(H,44,45)(H,46,47). The second kappa shape index (κ2) is 10.2. The Morgan fingerprint density at radius 1 is 0.750 bits per heavy atom. The molecule has 0 amide bonds. The van der Waals surface area contributed by atoms with Gasteiger partial charge in [-0.05, 0) is 116 Å². The zero-order valence-electron chi connectivity index (χ0n) is 28.1. The maximum absolute atomic E-state index is 12.7. The van der Waals surface area contributed by atoms with Crippen molar-refractivity contribution in [1.82, 2.24) is 0 Å². The second-order valence-electron chi connectivity index (χ2n) is 15.4. The molecule has 0 bridgehead atoms. The van der Waals surface area contributed by atoms with Crippen LogP contribution in [0, 0.1) is 0 Å². The molecule has 4 N–H and O–H groups in total. The summed E-state index contributed by atoms with van der Waals surface area (Å²) in [6.07, 6.45) is 5.70. The first kappa shape index (κ1) is 30.3. The van der Waals surface area contributed by atoms with Crippen LogP contribution in [0.25, 0.3) is 22.4 Å². The van der Waals surface area contributed by atoms with Gasteiger partial charge in [0.25, 0.3) is 0 Å². The van der Waals surface area contributed by atoms with Crippen molar-refractivity contribution in [1.29, 1.82) is 0 Å². The van der Waals surface area contributed by atoms with Gasteiger partial charge in [0.1, 0.15) is 5.75 Å². The first-order valence-electron chi connectivity index (χ1n) is 16.8. The highest BCUT2D eigenvalue weighted by molar-refractivity contribution is 6.06. The van der Waals surface area contributed by atoms with Crippen molar-refractivity contribution in [3.8, 4) is 5.75 Å². The van der Waals surface area contributed by atoms with Gasteiger partial charge < -0.3 is 25.6 Å². The summed E-state index contributed by atoms with van der Waals surface area (Å²) in [5, 5.41) is 29.7. The summed E-state index contributed by atoms with van der Waals surface area (Å²) < 4.78 is 7.13. The van der Waals surface area contributed by atoms with Gasteiger partial charge in [-0.3, -0.25) is 0 Å². The number of carbonyl (C=O) groups is 2. The number of nitrogens with one attached hydrogen (secondary N) is 2. The first-order chi connectivity index (χ1) is 22.7. The van der Waals surface area contributed by atoms with Crippen molar-refractivity contribution in [2.75, 3.05) is 10.6 Å². The highest BCUT2D eigenvalue weighted by Crippen LogP contribution is 2.54. The van der Waals surface area contributed by atoms with E-state index in [1.54, 1.807) is 6.07 Å². The number of benzene rings is 4. The van der Waals surface area contributed by atoms with E-state index >= 15 is 0 Å². The third-order valence-corrected chi connectivity index (χ3v) is 10.6. The van der Waals surface area contributed by atoms with Gasteiger partial charge in [-0.2, -0.15) is 0 Å². The van der Waals surface area contributed by atoms with Crippen molar-refractivity contribution in [3.05, 3.63) is 111 Å². The number of fused-ring (bicyclic) bond motifs is 10. The Kier molecular flexibility index (Phi) is 6.46. The van der Waals surface area contributed by atoms with Crippen LogP contribution in [-0.2, 0) is 0 Å². The smallest absolute Gasteiger partial charge is 0.336 e. The van der Waals surface area contributed by atoms with Gasteiger partial charge in [0.15, 0.2) is 6.10 Å². The lowest BCUT2D eigenvalue weighted by Gasteiger charge is -2.41. The first-order valence-corrected chi connectivity index (χ1v) is 16.8. The van der Waals surface area contributed by atoms with Crippen molar-refractivity contribution < 1.29 is 24.5 Å². The zero-order chi connectivity index (χ0) is 33.9. The van der Waals surface area contributed by atoms with Crippen LogP contribution in [0.5, 0.6) is 5.75 Å². The molecule has 0 radical (unpaired) electrons. The molecule has 7 heteroatoms. The number of carboxylic acids is 2. The van der Waals surface area contributed by atoms with Crippen LogP contribution < -0.4 is 15.4 Å². The lowest BCUT2D eigenvalue weighted by Crippen LogP contribution is -2.37. The summed E-state index contributed by atoms with van der Waals surface area (Å²) in [5.41, 5.74) is 9.63. The molecular weight excluding hydrogens is 600 g/mol. The van der Waals surface area contributed by atoms with Crippen LogP contribution in [-0.4, -0.2) is 33.2 Å². The quantitative estimate of drug-likeness (QED) is 0.177. The lowest BCUT2D eigenvalue weighted by atomic mass is 9.74. The fourth-order valence-electron chi connectivity index (χ4n) is 9.05. The van der Waals surface area contributed by atoms with Gasteiger partial charge in [0.2, 0.25) is 0 Å². The van der Waals surface area contributed by atoms with E-state index < -0.39 is 18.0 Å². The maximum Gasteiger partial charge on any atom is 0.336 e. The molecule has 3 atom stereocenters. The highest BCUT2D eigenvalue weighted by atomic mass is 16.5. The Balaban J connectivity index is 1.41. The van der Waals surface area contributed by atoms with Crippen LogP contribution in [0.15, 0.2) is 66.2 Å². The monoisotopic (exact) mass is 640 g/mol. The van der Waals surface area contributed by atoms with Gasteiger partial charge in [-0.15, -0.1) is 0 Å². The molecule has 7 nitrogen and oxygen atoms in total. The molecule has 8 rings (SSSR count). The van der Waals surface area contributed by atoms with Crippen LogP contribution in [0.1, 0.15) is 126 Å². The molecule has 1 aliphatic carbocycles. The number of aromatic carboxylic acids is 2. The highest BCUT2D eigenvalue weighted by Gasteiger charge is 2.39. The number of rotatable bonds is 3. The minimum atomic E-state index is -1.18. The predicted octanol–water partition coefficient (Wildman–Crippen LogP) is 9.59. The van der Waals surface area contributed by atoms with Crippen LogP contribution >= 0.6 is 0 Å². The van der Waals surface area contributed by atoms with Gasteiger partial charge in [-0.1, -0.05) is 44.2 Å². The van der Waals surface area contributed by atoms with Gasteiger partial charge in [0, 0.05) is 50.1 Å². The van der Waals surface area contributed by atoms with Crippen molar-refractivity contribution in [3.63, 3.8) is 0 Å². The fraction of sp³-hybridized carbons (Fsp3) is 0.317. The Labute approximate surface area is 280 Å². The normalized spacial score (nSPS) is 22.6. The minimum Gasteiger partial charge on any atom is -0.480 e. The molecule has 0 saturated carbocycles. The van der Waals surface area contributed by atoms with E-state index in [0.29, 0.717) is 23.1 Å². The molecule has 4 aromatic rings. The largest absolute Gasteiger partial charge is 0.480 e. The third kappa shape index (κ3) is 4.55. The Bertz CT molecular complexity index is 2170. The fourth-order valence-corrected chi connectivity index (χ4v) is 9.05. The number of anilines is 2. The summed E-state index contributed by atoms with van der Waals surface area (Å²) >= 11 is 0. The molecule has 244 valence electrons. The average molecular weight is 641 g/mol. The molecule has 4 aromatic carbocycles. The number of carboxylic acid groups (broad SMARTS) is 2. The molecule has 3 heterocycles. The maximum atomic E-state index is 12.7. The molecule has 3 unspecified atom stereocenters. The summed E-state index contributed by atoms with van der Waals surface area (Å²) in [4.78, 5) is 24.6. The molecule has 0 spiro atoms. The van der Waals surface area contributed by atoms with Gasteiger partial charge in [-0.25, -0.2) is 9.59 Å². The van der Waals surface area contributed by atoms with Gasteiger partial charge >= 0.3 is 11.9 Å². The Morgan fingerprint density at radius 2 is 1.38 bits per heavy atom. The molecule has 3 aliphatic heterocycles. The summed E-state index contributed by atoms with van der Waals surface area (Å²) in [6.45, 7) is 13.5. The van der Waals surface area contributed by atoms with Crippen molar-refractivity contribution in [2.45, 2.75) is 83.4 Å². The van der Waals surface area contributed by atoms with Crippen LogP contribution in [0.3, 0.4) is 0 Å².